The molecule has 3 aromatic heterocycles. The van der Waals surface area contributed by atoms with Crippen LogP contribution in [0.4, 0.5) is 0 Å². The van der Waals surface area contributed by atoms with Gasteiger partial charge in [-0.2, -0.15) is 0 Å². The monoisotopic (exact) mass is 433 g/mol. The minimum atomic E-state index is -0.160. The molecule has 4 nitrogen and oxygen atoms in total. The van der Waals surface area contributed by atoms with Crippen LogP contribution in [0.25, 0.3) is 10.7 Å². The summed E-state index contributed by atoms with van der Waals surface area (Å²) < 4.78 is 0. The SMILES string of the molecule is CC(C)c1ccc(C(NC(=O)Cc2csc(-c3ccccn3)n2)c2cccs2)cc1. The zero-order valence-corrected chi connectivity index (χ0v) is 18.5. The van der Waals surface area contributed by atoms with Crippen molar-refractivity contribution in [3.63, 3.8) is 0 Å². The summed E-state index contributed by atoms with van der Waals surface area (Å²) in [4.78, 5) is 22.9. The van der Waals surface area contributed by atoms with Gasteiger partial charge in [-0.15, -0.1) is 22.7 Å². The zero-order chi connectivity index (χ0) is 20.9. The molecule has 152 valence electrons. The summed E-state index contributed by atoms with van der Waals surface area (Å²) in [5.74, 6) is 0.436. The second-order valence-corrected chi connectivity index (χ2v) is 9.21. The smallest absolute Gasteiger partial charge is 0.226 e. The van der Waals surface area contributed by atoms with E-state index in [9.17, 15) is 4.79 Å². The van der Waals surface area contributed by atoms with Crippen molar-refractivity contribution in [2.24, 2.45) is 0 Å². The van der Waals surface area contributed by atoms with Gasteiger partial charge in [-0.3, -0.25) is 9.78 Å². The van der Waals surface area contributed by atoms with Crippen LogP contribution < -0.4 is 5.32 Å². The first-order valence-electron chi connectivity index (χ1n) is 9.88. The first-order chi connectivity index (χ1) is 14.6. The summed E-state index contributed by atoms with van der Waals surface area (Å²) in [6.45, 7) is 4.36. The van der Waals surface area contributed by atoms with Gasteiger partial charge in [0.1, 0.15) is 5.01 Å². The third kappa shape index (κ3) is 4.83. The third-order valence-electron chi connectivity index (χ3n) is 4.85. The minimum absolute atomic E-state index is 0.0424. The highest BCUT2D eigenvalue weighted by molar-refractivity contribution is 7.13. The number of rotatable bonds is 7. The Balaban J connectivity index is 1.49. The number of hydrogen-bond acceptors (Lipinski definition) is 5. The fraction of sp³-hybridized carbons (Fsp3) is 0.208. The van der Waals surface area contributed by atoms with Crippen LogP contribution in [-0.4, -0.2) is 15.9 Å². The normalized spacial score (nSPS) is 12.1. The summed E-state index contributed by atoms with van der Waals surface area (Å²) in [6, 6.07) is 18.2. The van der Waals surface area contributed by atoms with Crippen LogP contribution >= 0.6 is 22.7 Å². The van der Waals surface area contributed by atoms with Crippen LogP contribution in [0.2, 0.25) is 0 Å². The van der Waals surface area contributed by atoms with Crippen LogP contribution in [0.15, 0.2) is 71.6 Å². The summed E-state index contributed by atoms with van der Waals surface area (Å²) >= 11 is 3.16. The maximum atomic E-state index is 12.9. The van der Waals surface area contributed by atoms with E-state index in [-0.39, 0.29) is 18.4 Å². The molecule has 1 atom stereocenters. The maximum absolute atomic E-state index is 12.9. The Morgan fingerprint density at radius 1 is 1.00 bits per heavy atom. The predicted octanol–water partition coefficient (Wildman–Crippen LogP) is 5.84. The van der Waals surface area contributed by atoms with E-state index < -0.39 is 0 Å². The molecule has 0 aliphatic heterocycles. The molecule has 0 bridgehead atoms. The number of nitrogens with one attached hydrogen (secondary N) is 1. The Bertz CT molecular complexity index is 1090. The predicted molar refractivity (Wildman–Crippen MR) is 124 cm³/mol. The molecule has 30 heavy (non-hydrogen) atoms. The molecule has 4 rings (SSSR count). The first-order valence-corrected chi connectivity index (χ1v) is 11.6. The number of hydrogen-bond donors (Lipinski definition) is 1. The average molecular weight is 434 g/mol. The van der Waals surface area contributed by atoms with Gasteiger partial charge in [0.05, 0.1) is 23.9 Å². The van der Waals surface area contributed by atoms with Crippen molar-refractivity contribution in [1.29, 1.82) is 0 Å². The van der Waals surface area contributed by atoms with Crippen molar-refractivity contribution in [3.8, 4) is 10.7 Å². The molecule has 1 N–H and O–H groups in total. The highest BCUT2D eigenvalue weighted by Crippen LogP contribution is 2.28. The van der Waals surface area contributed by atoms with E-state index in [1.54, 1.807) is 17.5 Å². The number of carbonyl (C=O) groups excluding carboxylic acids is 1. The Morgan fingerprint density at radius 3 is 2.47 bits per heavy atom. The lowest BCUT2D eigenvalue weighted by Crippen LogP contribution is -2.30. The van der Waals surface area contributed by atoms with Crippen LogP contribution in [0.3, 0.4) is 0 Å². The third-order valence-corrected chi connectivity index (χ3v) is 6.70. The number of carbonyl (C=O) groups is 1. The lowest BCUT2D eigenvalue weighted by Gasteiger charge is -2.19. The van der Waals surface area contributed by atoms with Gasteiger partial charge in [-0.05, 0) is 40.6 Å². The van der Waals surface area contributed by atoms with Gasteiger partial charge in [0, 0.05) is 16.5 Å². The van der Waals surface area contributed by atoms with E-state index in [1.807, 2.05) is 35.0 Å². The fourth-order valence-electron chi connectivity index (χ4n) is 3.22. The molecular formula is C24H23N3OS2. The van der Waals surface area contributed by atoms with Crippen molar-refractivity contribution < 1.29 is 4.79 Å². The number of thiazole rings is 1. The van der Waals surface area contributed by atoms with Gasteiger partial charge in [-0.1, -0.05) is 50.2 Å². The Labute approximate surface area is 184 Å². The van der Waals surface area contributed by atoms with E-state index in [2.05, 4.69) is 59.5 Å². The number of benzene rings is 1. The second-order valence-electron chi connectivity index (χ2n) is 7.37. The molecule has 0 fully saturated rings. The van der Waals surface area contributed by atoms with Crippen molar-refractivity contribution in [2.75, 3.05) is 0 Å². The standard InChI is InChI=1S/C24H23N3OS2/c1-16(2)17-8-10-18(11-9-17)23(21-7-5-13-29-21)27-22(28)14-19-15-30-24(26-19)20-6-3-4-12-25-20/h3-13,15-16,23H,14H2,1-2H3,(H,27,28). The molecule has 6 heteroatoms. The van der Waals surface area contributed by atoms with Crippen LogP contribution in [0.5, 0.6) is 0 Å². The Kier molecular flexibility index (Phi) is 6.35. The summed E-state index contributed by atoms with van der Waals surface area (Å²) in [5.41, 5.74) is 3.97. The van der Waals surface area contributed by atoms with Gasteiger partial charge in [0.2, 0.25) is 5.91 Å². The van der Waals surface area contributed by atoms with Crippen molar-refractivity contribution in [3.05, 3.63) is 93.3 Å². The Hall–Kier alpha value is -2.83. The van der Waals surface area contributed by atoms with E-state index in [4.69, 9.17) is 0 Å². The van der Waals surface area contributed by atoms with Crippen LogP contribution in [0.1, 0.15) is 47.5 Å². The van der Waals surface area contributed by atoms with E-state index in [0.717, 1.165) is 26.8 Å². The minimum Gasteiger partial charge on any atom is -0.344 e. The van der Waals surface area contributed by atoms with Gasteiger partial charge >= 0.3 is 0 Å². The topological polar surface area (TPSA) is 54.9 Å². The van der Waals surface area contributed by atoms with Crippen molar-refractivity contribution >= 4 is 28.6 Å². The van der Waals surface area contributed by atoms with E-state index >= 15 is 0 Å². The lowest BCUT2D eigenvalue weighted by atomic mass is 9.98. The Morgan fingerprint density at radius 2 is 1.80 bits per heavy atom. The molecule has 4 aromatic rings. The molecule has 3 heterocycles. The zero-order valence-electron chi connectivity index (χ0n) is 16.9. The van der Waals surface area contributed by atoms with Crippen molar-refractivity contribution in [2.45, 2.75) is 32.2 Å². The molecule has 0 saturated carbocycles. The van der Waals surface area contributed by atoms with Gasteiger partial charge in [0.15, 0.2) is 0 Å². The largest absolute Gasteiger partial charge is 0.344 e. The van der Waals surface area contributed by atoms with Gasteiger partial charge in [0.25, 0.3) is 0 Å². The number of nitrogens with zero attached hydrogens (tertiary/aromatic N) is 2. The average Bonchev–Trinajstić information content (AvgIpc) is 3.45. The van der Waals surface area contributed by atoms with Crippen LogP contribution in [0, 0.1) is 0 Å². The number of thiophene rings is 1. The van der Waals surface area contributed by atoms with Gasteiger partial charge < -0.3 is 5.32 Å². The molecule has 0 spiro atoms. The molecular weight excluding hydrogens is 410 g/mol. The first kappa shape index (κ1) is 20.4. The molecule has 0 aliphatic carbocycles. The molecule has 1 amide bonds. The molecule has 1 unspecified atom stereocenters. The van der Waals surface area contributed by atoms with E-state index in [1.165, 1.54) is 16.9 Å². The molecule has 0 saturated heterocycles. The molecule has 1 aromatic carbocycles. The van der Waals surface area contributed by atoms with E-state index in [0.29, 0.717) is 5.92 Å². The summed E-state index contributed by atoms with van der Waals surface area (Å²) in [6.07, 6.45) is 1.99. The quantitative estimate of drug-likeness (QED) is 0.398. The lowest BCUT2D eigenvalue weighted by molar-refractivity contribution is -0.120. The molecule has 0 aliphatic rings. The molecule has 0 radical (unpaired) electrons. The number of amides is 1. The summed E-state index contributed by atoms with van der Waals surface area (Å²) in [7, 11) is 0. The highest BCUT2D eigenvalue weighted by atomic mass is 32.1. The van der Waals surface area contributed by atoms with Crippen LogP contribution in [-0.2, 0) is 11.2 Å². The highest BCUT2D eigenvalue weighted by Gasteiger charge is 2.19. The fourth-order valence-corrected chi connectivity index (χ4v) is 4.82. The second kappa shape index (κ2) is 9.32. The van der Waals surface area contributed by atoms with Gasteiger partial charge in [-0.25, -0.2) is 4.98 Å². The van der Waals surface area contributed by atoms with Crippen molar-refractivity contribution in [1.82, 2.24) is 15.3 Å². The summed E-state index contributed by atoms with van der Waals surface area (Å²) in [5, 5.41) is 8.00. The number of aromatic nitrogens is 2. The maximum Gasteiger partial charge on any atom is 0.226 e. The number of pyridine rings is 1.